The molecule has 0 bridgehead atoms. The maximum absolute atomic E-state index is 9.27. The number of fused-ring (bicyclic) bond motifs is 2. The van der Waals surface area contributed by atoms with Crippen molar-refractivity contribution in [2.45, 2.75) is 25.8 Å². The van der Waals surface area contributed by atoms with Crippen molar-refractivity contribution >= 4 is 16.7 Å². The summed E-state index contributed by atoms with van der Waals surface area (Å²) in [5.41, 5.74) is 1.75. The topological polar surface area (TPSA) is 39.9 Å². The van der Waals surface area contributed by atoms with Crippen LogP contribution in [0.2, 0.25) is 0 Å². The first-order valence-electron chi connectivity index (χ1n) is 6.19. The summed E-state index contributed by atoms with van der Waals surface area (Å²) in [6, 6.07) is 12.7. The highest BCUT2D eigenvalue weighted by molar-refractivity contribution is 5.82. The molecule has 3 rings (SSSR count). The molecular weight excluding hydrogens is 222 g/mol. The van der Waals surface area contributed by atoms with Gasteiger partial charge in [-0.2, -0.15) is 5.26 Å². The molecule has 0 fully saturated rings. The molecule has 0 saturated carbocycles. The molecule has 0 saturated heterocycles. The van der Waals surface area contributed by atoms with E-state index in [0.29, 0.717) is 0 Å². The molecule has 0 radical (unpaired) electrons. The number of nitrogens with zero attached hydrogens (tertiary/aromatic N) is 3. The van der Waals surface area contributed by atoms with Gasteiger partial charge in [0.15, 0.2) is 0 Å². The Morgan fingerprint density at radius 2 is 2.11 bits per heavy atom. The Morgan fingerprint density at radius 3 is 2.89 bits per heavy atom. The molecule has 0 atom stereocenters. The molecule has 1 aromatic carbocycles. The number of rotatable bonds is 1. The molecule has 1 aliphatic rings. The van der Waals surface area contributed by atoms with Crippen molar-refractivity contribution in [2.75, 3.05) is 11.4 Å². The normalized spacial score (nSPS) is 14.6. The molecule has 2 heterocycles. The number of hydrogen-bond donors (Lipinski definition) is 0. The quantitative estimate of drug-likeness (QED) is 0.765. The Labute approximate surface area is 107 Å². The fourth-order valence-corrected chi connectivity index (χ4v) is 2.51. The first-order chi connectivity index (χ1) is 8.62. The lowest BCUT2D eigenvalue weighted by Gasteiger charge is -2.30. The first-order valence-corrected chi connectivity index (χ1v) is 6.19. The van der Waals surface area contributed by atoms with Crippen molar-refractivity contribution in [3.8, 4) is 6.07 Å². The van der Waals surface area contributed by atoms with E-state index in [0.717, 1.165) is 24.3 Å². The first kappa shape index (κ1) is 11.0. The smallest absolute Gasteiger partial charge is 0.133 e. The van der Waals surface area contributed by atoms with Crippen LogP contribution in [0.15, 0.2) is 30.3 Å². The fourth-order valence-electron chi connectivity index (χ4n) is 2.51. The van der Waals surface area contributed by atoms with Crippen molar-refractivity contribution in [1.29, 1.82) is 5.26 Å². The second-order valence-corrected chi connectivity index (χ2v) is 5.24. The van der Waals surface area contributed by atoms with Gasteiger partial charge in [-0.05, 0) is 38.0 Å². The fraction of sp³-hybridized carbons (Fsp3) is 0.333. The summed E-state index contributed by atoms with van der Waals surface area (Å²) in [6.45, 7) is 4.76. The van der Waals surface area contributed by atoms with Gasteiger partial charge in [-0.3, -0.25) is 0 Å². The van der Waals surface area contributed by atoms with Crippen molar-refractivity contribution in [3.63, 3.8) is 0 Å². The van der Waals surface area contributed by atoms with Gasteiger partial charge in [-0.1, -0.05) is 18.2 Å². The van der Waals surface area contributed by atoms with E-state index >= 15 is 0 Å². The summed E-state index contributed by atoms with van der Waals surface area (Å²) in [6.07, 6.45) is 0.971. The monoisotopic (exact) mass is 237 g/mol. The number of pyridine rings is 1. The zero-order valence-electron chi connectivity index (χ0n) is 10.6. The average molecular weight is 237 g/mol. The second kappa shape index (κ2) is 3.71. The van der Waals surface area contributed by atoms with Gasteiger partial charge < -0.3 is 4.90 Å². The minimum absolute atomic E-state index is 0.499. The van der Waals surface area contributed by atoms with Gasteiger partial charge >= 0.3 is 0 Å². The minimum Gasteiger partial charge on any atom is -0.338 e. The van der Waals surface area contributed by atoms with Gasteiger partial charge in [0.05, 0.1) is 11.6 Å². The molecule has 90 valence electrons. The van der Waals surface area contributed by atoms with E-state index in [-0.39, 0.29) is 0 Å². The Bertz CT molecular complexity index is 652. The van der Waals surface area contributed by atoms with Crippen molar-refractivity contribution < 1.29 is 0 Å². The van der Waals surface area contributed by atoms with Crippen LogP contribution in [0, 0.1) is 11.3 Å². The minimum atomic E-state index is -0.499. The predicted octanol–water partition coefficient (Wildman–Crippen LogP) is 2.90. The number of hydrogen-bond acceptors (Lipinski definition) is 3. The summed E-state index contributed by atoms with van der Waals surface area (Å²) >= 11 is 0. The molecule has 1 aromatic heterocycles. The van der Waals surface area contributed by atoms with E-state index in [1.165, 1.54) is 10.9 Å². The van der Waals surface area contributed by atoms with Crippen LogP contribution in [0.25, 0.3) is 10.9 Å². The number of nitriles is 1. The lowest BCUT2D eigenvalue weighted by atomic mass is 10.1. The van der Waals surface area contributed by atoms with E-state index in [1.54, 1.807) is 0 Å². The summed E-state index contributed by atoms with van der Waals surface area (Å²) in [5, 5.41) is 10.4. The molecule has 18 heavy (non-hydrogen) atoms. The van der Waals surface area contributed by atoms with Gasteiger partial charge in [-0.25, -0.2) is 4.98 Å². The van der Waals surface area contributed by atoms with Crippen LogP contribution in [0.3, 0.4) is 0 Å². The molecule has 0 N–H and O–H groups in total. The van der Waals surface area contributed by atoms with Crippen molar-refractivity contribution in [3.05, 3.63) is 35.9 Å². The highest BCUT2D eigenvalue weighted by Gasteiger charge is 2.33. The summed E-state index contributed by atoms with van der Waals surface area (Å²) in [7, 11) is 0. The second-order valence-electron chi connectivity index (χ2n) is 5.24. The van der Waals surface area contributed by atoms with Crippen molar-refractivity contribution in [2.24, 2.45) is 0 Å². The third kappa shape index (κ3) is 1.53. The molecule has 3 nitrogen and oxygen atoms in total. The number of para-hydroxylation sites is 1. The molecule has 0 unspecified atom stereocenters. The zero-order valence-corrected chi connectivity index (χ0v) is 10.6. The largest absolute Gasteiger partial charge is 0.338 e. The van der Waals surface area contributed by atoms with Crippen LogP contribution in [0.1, 0.15) is 19.4 Å². The molecule has 2 aromatic rings. The van der Waals surface area contributed by atoms with E-state index in [4.69, 9.17) is 4.98 Å². The van der Waals surface area contributed by atoms with E-state index in [9.17, 15) is 5.26 Å². The lowest BCUT2D eigenvalue weighted by molar-refractivity contribution is 0.585. The standard InChI is InChI=1S/C15H15N3/c1-15(2,10-16)18-8-7-12-9-11-5-3-4-6-13(11)17-14(12)18/h3-6,9H,7-8H2,1-2H3. The Kier molecular flexibility index (Phi) is 2.27. The Hall–Kier alpha value is -2.08. The highest BCUT2D eigenvalue weighted by atomic mass is 15.3. The van der Waals surface area contributed by atoms with E-state index in [1.807, 2.05) is 32.0 Å². The summed E-state index contributed by atoms with van der Waals surface area (Å²) in [5.74, 6) is 0.972. The average Bonchev–Trinajstić information content (AvgIpc) is 2.79. The van der Waals surface area contributed by atoms with Crippen LogP contribution in [-0.4, -0.2) is 17.1 Å². The van der Waals surface area contributed by atoms with Crippen molar-refractivity contribution in [1.82, 2.24) is 4.98 Å². The number of benzene rings is 1. The summed E-state index contributed by atoms with van der Waals surface area (Å²) < 4.78 is 0. The maximum Gasteiger partial charge on any atom is 0.133 e. The molecule has 0 spiro atoms. The SMILES string of the molecule is CC(C)(C#N)N1CCc2cc3ccccc3nc21. The highest BCUT2D eigenvalue weighted by Crippen LogP contribution is 2.33. The zero-order chi connectivity index (χ0) is 12.8. The molecular formula is C15H15N3. The molecule has 1 aliphatic heterocycles. The van der Waals surface area contributed by atoms with Gasteiger partial charge in [0.2, 0.25) is 0 Å². The molecule has 3 heteroatoms. The molecule has 0 amide bonds. The maximum atomic E-state index is 9.27. The van der Waals surface area contributed by atoms with Gasteiger partial charge in [0, 0.05) is 11.9 Å². The molecule has 0 aliphatic carbocycles. The third-order valence-corrected chi connectivity index (χ3v) is 3.59. The van der Waals surface area contributed by atoms with Crippen LogP contribution in [0.5, 0.6) is 0 Å². The Morgan fingerprint density at radius 1 is 1.33 bits per heavy atom. The lowest BCUT2D eigenvalue weighted by Crippen LogP contribution is -2.42. The van der Waals surface area contributed by atoms with Crippen LogP contribution in [0.4, 0.5) is 5.82 Å². The Balaban J connectivity index is 2.17. The predicted molar refractivity (Wildman–Crippen MR) is 72.5 cm³/mol. The van der Waals surface area contributed by atoms with Gasteiger partial charge in [0.25, 0.3) is 0 Å². The van der Waals surface area contributed by atoms with Crippen LogP contribution >= 0.6 is 0 Å². The number of anilines is 1. The van der Waals surface area contributed by atoms with Crippen LogP contribution in [-0.2, 0) is 6.42 Å². The third-order valence-electron chi connectivity index (χ3n) is 3.59. The van der Waals surface area contributed by atoms with Crippen LogP contribution < -0.4 is 4.90 Å². The summed E-state index contributed by atoms with van der Waals surface area (Å²) in [4.78, 5) is 6.83. The van der Waals surface area contributed by atoms with E-state index in [2.05, 4.69) is 23.1 Å². The van der Waals surface area contributed by atoms with Gasteiger partial charge in [-0.15, -0.1) is 0 Å². The van der Waals surface area contributed by atoms with E-state index < -0.39 is 5.54 Å². The number of aromatic nitrogens is 1. The van der Waals surface area contributed by atoms with Gasteiger partial charge in [0.1, 0.15) is 11.4 Å².